The van der Waals surface area contributed by atoms with E-state index in [1.165, 1.54) is 4.90 Å². The quantitative estimate of drug-likeness (QED) is 0.826. The molecule has 6 heteroatoms. The third-order valence-corrected chi connectivity index (χ3v) is 3.16. The molecule has 2 aromatic carbocycles. The minimum absolute atomic E-state index is 0.145. The topological polar surface area (TPSA) is 75.7 Å². The molecule has 0 radical (unpaired) electrons. The van der Waals surface area contributed by atoms with Gasteiger partial charge < -0.3 is 15.0 Å². The zero-order chi connectivity index (χ0) is 17.5. The van der Waals surface area contributed by atoms with Gasteiger partial charge in [-0.15, -0.1) is 0 Å². The highest BCUT2D eigenvalue weighted by atomic mass is 16.5. The summed E-state index contributed by atoms with van der Waals surface area (Å²) in [4.78, 5) is 36.0. The number of carbonyl (C=O) groups is 3. The number of amides is 2. The molecule has 2 aromatic rings. The molecule has 0 fully saturated rings. The Morgan fingerprint density at radius 2 is 1.88 bits per heavy atom. The van der Waals surface area contributed by atoms with E-state index in [2.05, 4.69) is 5.32 Å². The first-order valence-corrected chi connectivity index (χ1v) is 7.29. The summed E-state index contributed by atoms with van der Waals surface area (Å²) in [6.45, 7) is -0.200. The number of ether oxygens (including phenoxy) is 1. The lowest BCUT2D eigenvalue weighted by Gasteiger charge is -2.12. The monoisotopic (exact) mass is 326 g/mol. The number of hydrogen-bond donors (Lipinski definition) is 1. The van der Waals surface area contributed by atoms with Crippen LogP contribution < -0.4 is 10.1 Å². The number of nitrogens with zero attached hydrogens (tertiary/aromatic N) is 1. The second kappa shape index (κ2) is 7.92. The summed E-state index contributed by atoms with van der Waals surface area (Å²) >= 11 is 0. The number of nitrogens with one attached hydrogen (secondary N) is 1. The van der Waals surface area contributed by atoms with E-state index in [4.69, 9.17) is 4.74 Å². The predicted molar refractivity (Wildman–Crippen MR) is 90.4 cm³/mol. The molecule has 0 aliphatic carbocycles. The van der Waals surface area contributed by atoms with E-state index in [1.54, 1.807) is 62.6 Å². The largest absolute Gasteiger partial charge is 0.484 e. The molecule has 1 N–H and O–H groups in total. The van der Waals surface area contributed by atoms with E-state index >= 15 is 0 Å². The van der Waals surface area contributed by atoms with Gasteiger partial charge in [0.05, 0.1) is 0 Å². The van der Waals surface area contributed by atoms with Crippen molar-refractivity contribution in [2.24, 2.45) is 0 Å². The first-order valence-electron chi connectivity index (χ1n) is 7.29. The summed E-state index contributed by atoms with van der Waals surface area (Å²) in [6, 6.07) is 13.2. The molecule has 0 aromatic heterocycles. The standard InChI is InChI=1S/C18H18N2O4/c1-20(2)18(23)14-6-4-7-15(10-14)19-17(22)12-24-16-8-3-5-13(9-16)11-21/h3-11H,12H2,1-2H3,(H,19,22). The molecular formula is C18H18N2O4. The summed E-state index contributed by atoms with van der Waals surface area (Å²) in [6.07, 6.45) is 0.709. The maximum atomic E-state index is 12.0. The molecule has 0 aliphatic rings. The van der Waals surface area contributed by atoms with Crippen LogP contribution in [0.25, 0.3) is 0 Å². The van der Waals surface area contributed by atoms with E-state index in [-0.39, 0.29) is 18.4 Å². The summed E-state index contributed by atoms with van der Waals surface area (Å²) < 4.78 is 5.35. The van der Waals surface area contributed by atoms with Gasteiger partial charge in [-0.2, -0.15) is 0 Å². The number of anilines is 1. The van der Waals surface area contributed by atoms with E-state index < -0.39 is 0 Å². The molecule has 0 unspecified atom stereocenters. The summed E-state index contributed by atoms with van der Waals surface area (Å²) in [5, 5.41) is 2.67. The zero-order valence-corrected chi connectivity index (χ0v) is 13.5. The lowest BCUT2D eigenvalue weighted by molar-refractivity contribution is -0.118. The van der Waals surface area contributed by atoms with Crippen molar-refractivity contribution >= 4 is 23.8 Å². The van der Waals surface area contributed by atoms with Crippen LogP contribution in [0.1, 0.15) is 20.7 Å². The fourth-order valence-corrected chi connectivity index (χ4v) is 2.01. The van der Waals surface area contributed by atoms with Gasteiger partial charge in [-0.3, -0.25) is 14.4 Å². The van der Waals surface area contributed by atoms with Crippen molar-refractivity contribution in [1.29, 1.82) is 0 Å². The van der Waals surface area contributed by atoms with Crippen molar-refractivity contribution in [2.75, 3.05) is 26.0 Å². The highest BCUT2D eigenvalue weighted by Gasteiger charge is 2.10. The Balaban J connectivity index is 1.96. The third-order valence-electron chi connectivity index (χ3n) is 3.16. The zero-order valence-electron chi connectivity index (χ0n) is 13.5. The van der Waals surface area contributed by atoms with E-state index in [1.807, 2.05) is 0 Å². The van der Waals surface area contributed by atoms with Crippen LogP contribution in [0.5, 0.6) is 5.75 Å². The molecule has 0 heterocycles. The van der Waals surface area contributed by atoms with Crippen molar-refractivity contribution in [3.63, 3.8) is 0 Å². The van der Waals surface area contributed by atoms with Crippen LogP contribution in [0.3, 0.4) is 0 Å². The number of rotatable bonds is 6. The maximum absolute atomic E-state index is 12.0. The first kappa shape index (κ1) is 17.2. The van der Waals surface area contributed by atoms with Crippen LogP contribution in [0, 0.1) is 0 Å². The number of carbonyl (C=O) groups excluding carboxylic acids is 3. The average Bonchev–Trinajstić information content (AvgIpc) is 2.59. The number of aldehydes is 1. The molecule has 0 spiro atoms. The van der Waals surface area contributed by atoms with Crippen LogP contribution in [0.2, 0.25) is 0 Å². The molecule has 124 valence electrons. The summed E-state index contributed by atoms with van der Waals surface area (Å²) in [5.74, 6) is -0.0692. The van der Waals surface area contributed by atoms with Crippen molar-refractivity contribution < 1.29 is 19.1 Å². The van der Waals surface area contributed by atoms with Crippen LogP contribution in [0.4, 0.5) is 5.69 Å². The normalized spacial score (nSPS) is 9.92. The number of benzene rings is 2. The Kier molecular flexibility index (Phi) is 5.68. The van der Waals surface area contributed by atoms with Gasteiger partial charge in [-0.1, -0.05) is 18.2 Å². The van der Waals surface area contributed by atoms with Crippen molar-refractivity contribution in [1.82, 2.24) is 4.90 Å². The molecule has 0 bridgehead atoms. The van der Waals surface area contributed by atoms with Crippen LogP contribution >= 0.6 is 0 Å². The SMILES string of the molecule is CN(C)C(=O)c1cccc(NC(=O)COc2cccc(C=O)c2)c1. The molecule has 0 saturated heterocycles. The van der Waals surface area contributed by atoms with Gasteiger partial charge >= 0.3 is 0 Å². The van der Waals surface area contributed by atoms with Crippen molar-refractivity contribution in [3.05, 3.63) is 59.7 Å². The highest BCUT2D eigenvalue weighted by molar-refractivity contribution is 5.97. The lowest BCUT2D eigenvalue weighted by atomic mass is 10.2. The molecule has 0 aliphatic heterocycles. The summed E-state index contributed by atoms with van der Waals surface area (Å²) in [7, 11) is 3.32. The van der Waals surface area contributed by atoms with Gasteiger partial charge in [0, 0.05) is 30.9 Å². The molecule has 24 heavy (non-hydrogen) atoms. The Hall–Kier alpha value is -3.15. The molecule has 6 nitrogen and oxygen atoms in total. The molecule has 0 atom stereocenters. The van der Waals surface area contributed by atoms with Crippen LogP contribution in [-0.2, 0) is 4.79 Å². The highest BCUT2D eigenvalue weighted by Crippen LogP contribution is 2.14. The molecule has 2 rings (SSSR count). The fourth-order valence-electron chi connectivity index (χ4n) is 2.01. The predicted octanol–water partition coefficient (Wildman–Crippen LogP) is 2.22. The minimum atomic E-state index is -0.360. The van der Waals surface area contributed by atoms with Crippen molar-refractivity contribution in [3.8, 4) is 5.75 Å². The third kappa shape index (κ3) is 4.67. The van der Waals surface area contributed by atoms with E-state index in [0.717, 1.165) is 0 Å². The average molecular weight is 326 g/mol. The van der Waals surface area contributed by atoms with Gasteiger partial charge in [0.2, 0.25) is 0 Å². The van der Waals surface area contributed by atoms with E-state index in [0.29, 0.717) is 28.8 Å². The smallest absolute Gasteiger partial charge is 0.262 e. The van der Waals surface area contributed by atoms with E-state index in [9.17, 15) is 14.4 Å². The molecular weight excluding hydrogens is 308 g/mol. The maximum Gasteiger partial charge on any atom is 0.262 e. The lowest BCUT2D eigenvalue weighted by Crippen LogP contribution is -2.23. The first-order chi connectivity index (χ1) is 11.5. The van der Waals surface area contributed by atoms with Gasteiger partial charge in [-0.05, 0) is 30.3 Å². The minimum Gasteiger partial charge on any atom is -0.484 e. The Morgan fingerprint density at radius 3 is 2.58 bits per heavy atom. The van der Waals surface area contributed by atoms with Crippen LogP contribution in [0.15, 0.2) is 48.5 Å². The van der Waals surface area contributed by atoms with Crippen LogP contribution in [-0.4, -0.2) is 43.7 Å². The Morgan fingerprint density at radius 1 is 1.12 bits per heavy atom. The van der Waals surface area contributed by atoms with Gasteiger partial charge in [0.15, 0.2) is 6.61 Å². The van der Waals surface area contributed by atoms with Gasteiger partial charge in [0.25, 0.3) is 11.8 Å². The molecule has 2 amide bonds. The second-order valence-corrected chi connectivity index (χ2v) is 5.31. The molecule has 0 saturated carbocycles. The second-order valence-electron chi connectivity index (χ2n) is 5.31. The summed E-state index contributed by atoms with van der Waals surface area (Å²) in [5.41, 5.74) is 1.47. The van der Waals surface area contributed by atoms with Gasteiger partial charge in [-0.25, -0.2) is 0 Å². The number of hydrogen-bond acceptors (Lipinski definition) is 4. The van der Waals surface area contributed by atoms with Crippen molar-refractivity contribution in [2.45, 2.75) is 0 Å². The van der Waals surface area contributed by atoms with Gasteiger partial charge in [0.1, 0.15) is 12.0 Å². The Bertz CT molecular complexity index is 756. The fraction of sp³-hybridized carbons (Fsp3) is 0.167. The Labute approximate surface area is 140 Å².